The Morgan fingerprint density at radius 1 is 1.12 bits per heavy atom. The molecule has 124 valence electrons. The first kappa shape index (κ1) is 15.6. The Morgan fingerprint density at radius 3 is 2.67 bits per heavy atom. The Hall–Kier alpha value is -1.88. The number of halogens is 1. The molecule has 2 aromatic heterocycles. The highest BCUT2D eigenvalue weighted by molar-refractivity contribution is 9.10. The molecule has 1 aliphatic rings. The van der Waals surface area contributed by atoms with Gasteiger partial charge in [0.15, 0.2) is 0 Å². The molecule has 0 spiro atoms. The smallest absolute Gasteiger partial charge is 0.264 e. The molecule has 0 amide bonds. The van der Waals surface area contributed by atoms with E-state index in [-0.39, 0.29) is 0 Å². The molecule has 4 rings (SSSR count). The van der Waals surface area contributed by atoms with E-state index in [1.165, 1.54) is 12.8 Å². The molecule has 1 aromatic carbocycles. The van der Waals surface area contributed by atoms with Gasteiger partial charge < -0.3 is 8.98 Å². The number of nitrogens with zero attached hydrogens (tertiary/aromatic N) is 3. The summed E-state index contributed by atoms with van der Waals surface area (Å²) in [5.74, 6) is 1.84. The first-order valence-electron chi connectivity index (χ1n) is 8.42. The fraction of sp³-hybridized carbons (Fsp3) is 0.368. The minimum atomic E-state index is 0.432. The van der Waals surface area contributed by atoms with Gasteiger partial charge in [-0.25, -0.2) is 0 Å². The molecule has 3 aromatic rings. The van der Waals surface area contributed by atoms with Gasteiger partial charge in [0, 0.05) is 21.8 Å². The zero-order chi connectivity index (χ0) is 16.7. The zero-order valence-corrected chi connectivity index (χ0v) is 15.5. The third-order valence-corrected chi connectivity index (χ3v) is 5.28. The summed E-state index contributed by atoms with van der Waals surface area (Å²) < 4.78 is 9.32. The van der Waals surface area contributed by atoms with Crippen molar-refractivity contribution in [1.82, 2.24) is 14.8 Å². The highest BCUT2D eigenvalue weighted by Gasteiger charge is 2.25. The summed E-state index contributed by atoms with van der Waals surface area (Å²) in [6, 6.07) is 10.4. The minimum absolute atomic E-state index is 0.432. The third-order valence-electron chi connectivity index (χ3n) is 4.79. The van der Waals surface area contributed by atoms with Gasteiger partial charge in [-0.1, -0.05) is 34.8 Å². The van der Waals surface area contributed by atoms with Crippen molar-refractivity contribution >= 4 is 15.9 Å². The normalized spacial score (nSPS) is 15.3. The Morgan fingerprint density at radius 2 is 1.92 bits per heavy atom. The van der Waals surface area contributed by atoms with Crippen molar-refractivity contribution in [3.05, 3.63) is 52.0 Å². The lowest BCUT2D eigenvalue weighted by molar-refractivity contribution is 0.455. The molecule has 1 saturated carbocycles. The van der Waals surface area contributed by atoms with Crippen molar-refractivity contribution in [2.24, 2.45) is 0 Å². The average Bonchev–Trinajstić information content (AvgIpc) is 3.26. The van der Waals surface area contributed by atoms with Crippen molar-refractivity contribution < 1.29 is 4.42 Å². The van der Waals surface area contributed by atoms with Gasteiger partial charge in [-0.05, 0) is 56.5 Å². The van der Waals surface area contributed by atoms with Crippen LogP contribution < -0.4 is 0 Å². The van der Waals surface area contributed by atoms with Crippen molar-refractivity contribution in [1.29, 1.82) is 0 Å². The summed E-state index contributed by atoms with van der Waals surface area (Å²) in [5, 5.41) is 8.70. The second-order valence-corrected chi connectivity index (χ2v) is 7.48. The van der Waals surface area contributed by atoms with E-state index in [0.29, 0.717) is 11.8 Å². The van der Waals surface area contributed by atoms with Crippen molar-refractivity contribution in [2.45, 2.75) is 45.4 Å². The monoisotopic (exact) mass is 385 g/mol. The highest BCUT2D eigenvalue weighted by Crippen LogP contribution is 2.36. The fourth-order valence-corrected chi connectivity index (χ4v) is 4.07. The lowest BCUT2D eigenvalue weighted by atomic mass is 10.1. The molecule has 0 atom stereocenters. The van der Waals surface area contributed by atoms with Gasteiger partial charge in [0.05, 0.1) is 0 Å². The lowest BCUT2D eigenvalue weighted by Gasteiger charge is -2.10. The van der Waals surface area contributed by atoms with Gasteiger partial charge in [-0.2, -0.15) is 0 Å². The number of hydrogen-bond acceptors (Lipinski definition) is 3. The SMILES string of the molecule is Cc1cc(C)n(-c2cccc(Br)c2)c1-c1nnc(C2CCCC2)o1. The molecule has 4 nitrogen and oxygen atoms in total. The van der Waals surface area contributed by atoms with Crippen LogP contribution in [-0.2, 0) is 0 Å². The molecule has 1 fully saturated rings. The van der Waals surface area contributed by atoms with Gasteiger partial charge in [0.25, 0.3) is 5.89 Å². The summed E-state index contributed by atoms with van der Waals surface area (Å²) in [6.07, 6.45) is 4.84. The zero-order valence-electron chi connectivity index (χ0n) is 13.9. The second kappa shape index (κ2) is 6.20. The van der Waals surface area contributed by atoms with E-state index in [0.717, 1.165) is 45.8 Å². The summed E-state index contributed by atoms with van der Waals surface area (Å²) >= 11 is 3.56. The molecule has 5 heteroatoms. The van der Waals surface area contributed by atoms with E-state index in [9.17, 15) is 0 Å². The minimum Gasteiger partial charge on any atom is -0.419 e. The molecule has 0 unspecified atom stereocenters. The van der Waals surface area contributed by atoms with E-state index in [1.54, 1.807) is 0 Å². The molecular weight excluding hydrogens is 366 g/mol. The van der Waals surface area contributed by atoms with E-state index in [1.807, 2.05) is 12.1 Å². The van der Waals surface area contributed by atoms with Crippen LogP contribution in [0.1, 0.15) is 48.7 Å². The molecule has 0 aliphatic heterocycles. The van der Waals surface area contributed by atoms with Crippen LogP contribution in [0.15, 0.2) is 39.2 Å². The molecule has 24 heavy (non-hydrogen) atoms. The van der Waals surface area contributed by atoms with Crippen LogP contribution in [0, 0.1) is 13.8 Å². The molecule has 0 N–H and O–H groups in total. The summed E-state index contributed by atoms with van der Waals surface area (Å²) in [6.45, 7) is 4.20. The molecule has 1 aliphatic carbocycles. The number of aryl methyl sites for hydroxylation is 2. The number of rotatable bonds is 3. The summed E-state index contributed by atoms with van der Waals surface area (Å²) in [5.41, 5.74) is 4.38. The van der Waals surface area contributed by atoms with Gasteiger partial charge in [-0.15, -0.1) is 10.2 Å². The molecule has 2 heterocycles. The van der Waals surface area contributed by atoms with Crippen molar-refractivity contribution in [3.8, 4) is 17.3 Å². The van der Waals surface area contributed by atoms with E-state index in [2.05, 4.69) is 62.7 Å². The number of benzene rings is 1. The van der Waals surface area contributed by atoms with Gasteiger partial charge >= 0.3 is 0 Å². The van der Waals surface area contributed by atoms with Crippen molar-refractivity contribution in [3.63, 3.8) is 0 Å². The topological polar surface area (TPSA) is 43.9 Å². The van der Waals surface area contributed by atoms with Crippen LogP contribution in [0.2, 0.25) is 0 Å². The van der Waals surface area contributed by atoms with Gasteiger partial charge in [0.2, 0.25) is 5.89 Å². The van der Waals surface area contributed by atoms with Crippen LogP contribution in [0.25, 0.3) is 17.3 Å². The first-order valence-corrected chi connectivity index (χ1v) is 9.21. The Kier molecular flexibility index (Phi) is 4.04. The molecule has 0 saturated heterocycles. The van der Waals surface area contributed by atoms with E-state index in [4.69, 9.17) is 4.42 Å². The number of hydrogen-bond donors (Lipinski definition) is 0. The van der Waals surface area contributed by atoms with Crippen LogP contribution in [0.5, 0.6) is 0 Å². The van der Waals surface area contributed by atoms with E-state index < -0.39 is 0 Å². The predicted octanol–water partition coefficient (Wildman–Crippen LogP) is 5.56. The van der Waals surface area contributed by atoms with Gasteiger partial charge in [-0.3, -0.25) is 0 Å². The molecule has 0 bridgehead atoms. The third kappa shape index (κ3) is 2.71. The fourth-order valence-electron chi connectivity index (χ4n) is 3.68. The standard InChI is InChI=1S/C19H20BrN3O/c1-12-10-13(2)23(16-9-5-8-15(20)11-16)17(12)19-22-21-18(24-19)14-6-3-4-7-14/h5,8-11,14H,3-4,6-7H2,1-2H3. The van der Waals surface area contributed by atoms with Crippen molar-refractivity contribution in [2.75, 3.05) is 0 Å². The summed E-state index contributed by atoms with van der Waals surface area (Å²) in [4.78, 5) is 0. The molecular formula is C19H20BrN3O. The maximum Gasteiger partial charge on any atom is 0.264 e. The van der Waals surface area contributed by atoms with Crippen LogP contribution in [0.4, 0.5) is 0 Å². The molecule has 0 radical (unpaired) electrons. The Balaban J connectivity index is 1.81. The second-order valence-electron chi connectivity index (χ2n) is 6.56. The van der Waals surface area contributed by atoms with Gasteiger partial charge in [0.1, 0.15) is 5.69 Å². The highest BCUT2D eigenvalue weighted by atomic mass is 79.9. The first-order chi connectivity index (χ1) is 11.6. The maximum absolute atomic E-state index is 6.09. The Labute approximate surface area is 150 Å². The Bertz CT molecular complexity index is 875. The lowest BCUT2D eigenvalue weighted by Crippen LogP contribution is -1.99. The predicted molar refractivity (Wildman–Crippen MR) is 97.4 cm³/mol. The quantitative estimate of drug-likeness (QED) is 0.592. The summed E-state index contributed by atoms with van der Waals surface area (Å²) in [7, 11) is 0. The average molecular weight is 386 g/mol. The van der Waals surface area contributed by atoms with Crippen LogP contribution in [-0.4, -0.2) is 14.8 Å². The van der Waals surface area contributed by atoms with E-state index >= 15 is 0 Å². The van der Waals surface area contributed by atoms with Crippen LogP contribution in [0.3, 0.4) is 0 Å². The number of aromatic nitrogens is 3. The largest absolute Gasteiger partial charge is 0.419 e. The van der Waals surface area contributed by atoms with Crippen LogP contribution >= 0.6 is 15.9 Å². The maximum atomic E-state index is 6.09.